The van der Waals surface area contributed by atoms with Crippen LogP contribution in [0, 0.1) is 0 Å². The first-order valence-electron chi connectivity index (χ1n) is 18.6. The number of esters is 2. The first kappa shape index (κ1) is 38.2. The van der Waals surface area contributed by atoms with Gasteiger partial charge >= 0.3 is 11.9 Å². The summed E-state index contributed by atoms with van der Waals surface area (Å²) in [5, 5.41) is 12.0. The predicted octanol–water partition coefficient (Wildman–Crippen LogP) is 9.03. The Kier molecular flexibility index (Phi) is 13.5. The van der Waals surface area contributed by atoms with Crippen LogP contribution in [0.15, 0.2) is 102 Å². The van der Waals surface area contributed by atoms with E-state index in [2.05, 4.69) is 73.8 Å². The molecule has 3 aromatic rings. The Balaban J connectivity index is 1.11. The van der Waals surface area contributed by atoms with E-state index < -0.39 is 11.6 Å². The zero-order valence-corrected chi connectivity index (χ0v) is 30.6. The first-order chi connectivity index (χ1) is 25.3. The van der Waals surface area contributed by atoms with E-state index in [1.54, 1.807) is 23.6 Å². The molecule has 272 valence electrons. The SMILES string of the molecule is CC/C=C\C/C=C\C/C=C\C/C=C\C/C=C\C/C=C\CCC(=O)Oc1ccc2nc3c(c(CC)c2c1)Cn1c-3cc2c(c1=O)COC(=O)[C@]2(O)CC. The number of hydrogen-bond acceptors (Lipinski definition) is 7. The maximum absolute atomic E-state index is 13.6. The Morgan fingerprint density at radius 2 is 1.48 bits per heavy atom. The highest BCUT2D eigenvalue weighted by Gasteiger charge is 2.45. The van der Waals surface area contributed by atoms with Crippen LogP contribution in [-0.2, 0) is 39.5 Å². The monoisotopic (exact) mass is 702 g/mol. The van der Waals surface area contributed by atoms with Gasteiger partial charge in [-0.05, 0) is 87.6 Å². The fourth-order valence-corrected chi connectivity index (χ4v) is 6.63. The Morgan fingerprint density at radius 1 is 0.865 bits per heavy atom. The van der Waals surface area contributed by atoms with Gasteiger partial charge in [0.15, 0.2) is 5.60 Å². The Morgan fingerprint density at radius 3 is 2.08 bits per heavy atom. The van der Waals surface area contributed by atoms with Gasteiger partial charge in [-0.1, -0.05) is 93.7 Å². The van der Waals surface area contributed by atoms with Crippen LogP contribution in [0.4, 0.5) is 0 Å². The van der Waals surface area contributed by atoms with Crippen LogP contribution in [0.25, 0.3) is 22.3 Å². The van der Waals surface area contributed by atoms with E-state index in [1.807, 2.05) is 25.1 Å². The molecule has 8 nitrogen and oxygen atoms in total. The highest BCUT2D eigenvalue weighted by atomic mass is 16.6. The van der Waals surface area contributed by atoms with E-state index in [4.69, 9.17) is 14.5 Å². The summed E-state index contributed by atoms with van der Waals surface area (Å²) in [6.45, 7) is 6.02. The van der Waals surface area contributed by atoms with Crippen molar-refractivity contribution in [3.63, 3.8) is 0 Å². The molecule has 4 heterocycles. The third-order valence-corrected chi connectivity index (χ3v) is 9.47. The average molecular weight is 703 g/mol. The number of fused-ring (bicyclic) bond motifs is 5. The highest BCUT2D eigenvalue weighted by Crippen LogP contribution is 2.40. The van der Waals surface area contributed by atoms with E-state index >= 15 is 0 Å². The number of aromatic nitrogens is 2. The quantitative estimate of drug-likeness (QED) is 0.0665. The molecule has 8 heteroatoms. The Bertz CT molecular complexity index is 2010. The van der Waals surface area contributed by atoms with Gasteiger partial charge in [-0.2, -0.15) is 0 Å². The average Bonchev–Trinajstić information content (AvgIpc) is 3.51. The minimum absolute atomic E-state index is 0.0861. The van der Waals surface area contributed by atoms with Gasteiger partial charge in [0.05, 0.1) is 29.0 Å². The molecule has 0 unspecified atom stereocenters. The molecule has 1 N–H and O–H groups in total. The zero-order valence-electron chi connectivity index (χ0n) is 30.6. The number of aryl methyl sites for hydroxylation is 1. The zero-order chi connectivity index (χ0) is 36.9. The summed E-state index contributed by atoms with van der Waals surface area (Å²) in [5.74, 6) is -0.607. The van der Waals surface area contributed by atoms with Gasteiger partial charge in [0.25, 0.3) is 5.56 Å². The predicted molar refractivity (Wildman–Crippen MR) is 207 cm³/mol. The number of nitrogens with zero attached hydrogens (tertiary/aromatic N) is 2. The van der Waals surface area contributed by atoms with Crippen molar-refractivity contribution in [1.29, 1.82) is 0 Å². The number of carbonyl (C=O) groups is 2. The number of aliphatic hydroxyl groups is 1. The number of rotatable bonds is 17. The summed E-state index contributed by atoms with van der Waals surface area (Å²) in [7, 11) is 0. The van der Waals surface area contributed by atoms with Gasteiger partial charge in [-0.25, -0.2) is 9.78 Å². The third kappa shape index (κ3) is 8.86. The van der Waals surface area contributed by atoms with Gasteiger partial charge in [-0.3, -0.25) is 9.59 Å². The van der Waals surface area contributed by atoms with E-state index in [0.29, 0.717) is 53.2 Å². The topological polar surface area (TPSA) is 108 Å². The highest BCUT2D eigenvalue weighted by molar-refractivity contribution is 5.90. The van der Waals surface area contributed by atoms with Crippen LogP contribution in [0.5, 0.6) is 5.75 Å². The van der Waals surface area contributed by atoms with Crippen LogP contribution in [0.1, 0.15) is 101 Å². The summed E-state index contributed by atoms with van der Waals surface area (Å²) in [6.07, 6.45) is 33.2. The molecule has 2 aliphatic heterocycles. The molecule has 2 aliphatic rings. The summed E-state index contributed by atoms with van der Waals surface area (Å²) in [6, 6.07) is 7.12. The minimum atomic E-state index is -1.87. The molecule has 0 fully saturated rings. The van der Waals surface area contributed by atoms with E-state index in [-0.39, 0.29) is 31.0 Å². The molecule has 52 heavy (non-hydrogen) atoms. The van der Waals surface area contributed by atoms with Crippen LogP contribution in [-0.4, -0.2) is 26.6 Å². The van der Waals surface area contributed by atoms with E-state index in [1.165, 1.54) is 0 Å². The molecular weight excluding hydrogens is 652 g/mol. The number of allylic oxidation sites excluding steroid dienone is 12. The van der Waals surface area contributed by atoms with Crippen LogP contribution in [0.3, 0.4) is 0 Å². The second-order valence-corrected chi connectivity index (χ2v) is 13.0. The van der Waals surface area contributed by atoms with Crippen molar-refractivity contribution in [2.24, 2.45) is 0 Å². The normalized spacial score (nSPS) is 17.0. The van der Waals surface area contributed by atoms with Crippen molar-refractivity contribution in [3.05, 3.63) is 130 Å². The number of cyclic esters (lactones) is 1. The standard InChI is InChI=1S/C44H50N2O6/c1-4-7-8-9-10-11-12-13-14-15-16-17-18-19-20-21-22-23-24-25-40(47)52-32-26-27-38-34(28-32)33(5-2)35-30-46-39(41(35)45-38)29-37-36(42(46)48)31-51-43(49)44(37,50)6-3/h7-8,10-11,13-14,16-17,19-20,22-23,26-29,50H,4-6,9,12,15,18,21,24-25,30-31H2,1-3H3/b8-7-,11-10-,14-13-,17-16-,20-19-,23-22-/t44-/m0/s1. The lowest BCUT2D eigenvalue weighted by Crippen LogP contribution is -2.44. The second-order valence-electron chi connectivity index (χ2n) is 13.0. The first-order valence-corrected chi connectivity index (χ1v) is 18.6. The van der Waals surface area contributed by atoms with E-state index in [0.717, 1.165) is 55.0 Å². The summed E-state index contributed by atoms with van der Waals surface area (Å²) < 4.78 is 12.5. The summed E-state index contributed by atoms with van der Waals surface area (Å²) >= 11 is 0. The number of hydrogen-bond donors (Lipinski definition) is 1. The molecule has 0 aliphatic carbocycles. The van der Waals surface area contributed by atoms with Gasteiger partial charge in [0, 0.05) is 22.9 Å². The van der Waals surface area contributed by atoms with Crippen molar-refractivity contribution in [1.82, 2.24) is 9.55 Å². The van der Waals surface area contributed by atoms with Gasteiger partial charge in [-0.15, -0.1) is 0 Å². The lowest BCUT2D eigenvalue weighted by Gasteiger charge is -2.31. The summed E-state index contributed by atoms with van der Waals surface area (Å²) in [5.41, 5.74) is 2.26. The van der Waals surface area contributed by atoms with E-state index in [9.17, 15) is 19.5 Å². The lowest BCUT2D eigenvalue weighted by atomic mass is 9.86. The molecule has 0 saturated heterocycles. The molecule has 2 aromatic heterocycles. The fourth-order valence-electron chi connectivity index (χ4n) is 6.63. The van der Waals surface area contributed by atoms with Gasteiger partial charge in [0.1, 0.15) is 12.4 Å². The molecule has 0 bridgehead atoms. The fraction of sp³-hybridized carbons (Fsp3) is 0.364. The molecule has 0 amide bonds. The maximum Gasteiger partial charge on any atom is 0.343 e. The van der Waals surface area contributed by atoms with Crippen molar-refractivity contribution < 1.29 is 24.2 Å². The number of benzene rings is 1. The van der Waals surface area contributed by atoms with Crippen molar-refractivity contribution in [2.45, 2.75) is 104 Å². The van der Waals surface area contributed by atoms with Gasteiger partial charge in [0.2, 0.25) is 0 Å². The minimum Gasteiger partial charge on any atom is -0.458 e. The second kappa shape index (κ2) is 18.4. The smallest absolute Gasteiger partial charge is 0.343 e. The van der Waals surface area contributed by atoms with Gasteiger partial charge < -0.3 is 19.1 Å². The Labute approximate surface area is 306 Å². The largest absolute Gasteiger partial charge is 0.458 e. The number of ether oxygens (including phenoxy) is 2. The molecule has 5 rings (SSSR count). The number of pyridine rings is 2. The molecule has 1 atom stereocenters. The van der Waals surface area contributed by atoms with Crippen LogP contribution < -0.4 is 10.3 Å². The summed E-state index contributed by atoms with van der Waals surface area (Å²) in [4.78, 5) is 43.7. The molecular formula is C44H50N2O6. The molecule has 1 aromatic carbocycles. The maximum atomic E-state index is 13.6. The molecule has 0 radical (unpaired) electrons. The van der Waals surface area contributed by atoms with Crippen LogP contribution in [0.2, 0.25) is 0 Å². The van der Waals surface area contributed by atoms with Crippen molar-refractivity contribution >= 4 is 22.8 Å². The molecule has 0 saturated carbocycles. The lowest BCUT2D eigenvalue weighted by molar-refractivity contribution is -0.172. The Hall–Kier alpha value is -5.08. The van der Waals surface area contributed by atoms with Crippen LogP contribution >= 0.6 is 0 Å². The van der Waals surface area contributed by atoms with Crippen molar-refractivity contribution in [3.8, 4) is 17.1 Å². The number of carbonyl (C=O) groups excluding carboxylic acids is 2. The third-order valence-electron chi connectivity index (χ3n) is 9.47. The van der Waals surface area contributed by atoms with Crippen molar-refractivity contribution in [2.75, 3.05) is 0 Å². The molecule has 0 spiro atoms.